The Morgan fingerprint density at radius 2 is 1.93 bits per heavy atom. The molecule has 0 aliphatic rings. The van der Waals surface area contributed by atoms with Crippen molar-refractivity contribution in [1.82, 2.24) is 5.32 Å². The average molecular weight is 195 g/mol. The van der Waals surface area contributed by atoms with Crippen LogP contribution < -0.4 is 5.32 Å². The van der Waals surface area contributed by atoms with Gasteiger partial charge in [0.25, 0.3) is 0 Å². The second-order valence-electron chi connectivity index (χ2n) is 3.60. The fourth-order valence-corrected chi connectivity index (χ4v) is 1.27. The Labute approximate surface area is 89.3 Å². The van der Waals surface area contributed by atoms with Gasteiger partial charge in [0.15, 0.2) is 0 Å². The van der Waals surface area contributed by atoms with Crippen LogP contribution in [-0.2, 0) is 0 Å². The van der Waals surface area contributed by atoms with Crippen molar-refractivity contribution in [2.45, 2.75) is 45.4 Å². The summed E-state index contributed by atoms with van der Waals surface area (Å²) in [7, 11) is 0. The highest BCUT2D eigenvalue weighted by molar-refractivity contribution is 4.84. The standard InChI is InChI=1S/C13H25N/c1-3-5-7-8-9-11-13-14-12-10-6-4-2/h3,9,11,14H,1,4-8,10,12-13H2,2H3. The first kappa shape index (κ1) is 13.4. The maximum Gasteiger partial charge on any atom is 0.0134 e. The molecule has 0 aromatic carbocycles. The molecule has 82 valence electrons. The lowest BCUT2D eigenvalue weighted by atomic mass is 10.2. The number of hydrogen-bond donors (Lipinski definition) is 1. The average Bonchev–Trinajstić information content (AvgIpc) is 2.21. The van der Waals surface area contributed by atoms with Gasteiger partial charge in [-0.3, -0.25) is 0 Å². The van der Waals surface area contributed by atoms with Gasteiger partial charge < -0.3 is 5.32 Å². The minimum atomic E-state index is 1.03. The minimum absolute atomic E-state index is 1.03. The molecule has 0 bridgehead atoms. The molecule has 0 atom stereocenters. The Hall–Kier alpha value is -0.560. The van der Waals surface area contributed by atoms with Crippen LogP contribution in [0.15, 0.2) is 24.8 Å². The first-order valence-corrected chi connectivity index (χ1v) is 5.88. The van der Waals surface area contributed by atoms with E-state index in [1.807, 2.05) is 6.08 Å². The molecule has 0 heterocycles. The van der Waals surface area contributed by atoms with Gasteiger partial charge in [0.2, 0.25) is 0 Å². The summed E-state index contributed by atoms with van der Waals surface area (Å²) in [5, 5.41) is 3.40. The number of rotatable bonds is 10. The predicted octanol–water partition coefficient (Wildman–Crippen LogP) is 3.68. The zero-order chi connectivity index (χ0) is 10.5. The molecule has 0 amide bonds. The largest absolute Gasteiger partial charge is 0.313 e. The van der Waals surface area contributed by atoms with Crippen LogP contribution in [0.4, 0.5) is 0 Å². The summed E-state index contributed by atoms with van der Waals surface area (Å²) >= 11 is 0. The summed E-state index contributed by atoms with van der Waals surface area (Å²) in [6.45, 7) is 8.12. The van der Waals surface area contributed by atoms with E-state index < -0.39 is 0 Å². The molecule has 0 aromatic heterocycles. The van der Waals surface area contributed by atoms with E-state index in [2.05, 4.69) is 31.0 Å². The highest BCUT2D eigenvalue weighted by Crippen LogP contribution is 1.96. The summed E-state index contributed by atoms with van der Waals surface area (Å²) in [4.78, 5) is 0. The van der Waals surface area contributed by atoms with E-state index in [1.165, 1.54) is 32.1 Å². The molecule has 1 nitrogen and oxygen atoms in total. The van der Waals surface area contributed by atoms with Crippen molar-refractivity contribution in [1.29, 1.82) is 0 Å². The van der Waals surface area contributed by atoms with E-state index in [4.69, 9.17) is 0 Å². The van der Waals surface area contributed by atoms with Crippen LogP contribution in [0, 0.1) is 0 Å². The van der Waals surface area contributed by atoms with Gasteiger partial charge in [0.1, 0.15) is 0 Å². The normalized spacial score (nSPS) is 10.9. The molecule has 0 aromatic rings. The minimum Gasteiger partial charge on any atom is -0.313 e. The Kier molecular flexibility index (Phi) is 11.9. The van der Waals surface area contributed by atoms with Crippen LogP contribution in [0.1, 0.15) is 45.4 Å². The maximum absolute atomic E-state index is 3.70. The van der Waals surface area contributed by atoms with Crippen molar-refractivity contribution in [2.75, 3.05) is 13.1 Å². The molecule has 0 aliphatic heterocycles. The maximum atomic E-state index is 3.70. The molecule has 0 aliphatic carbocycles. The lowest BCUT2D eigenvalue weighted by molar-refractivity contribution is 0.646. The fourth-order valence-electron chi connectivity index (χ4n) is 1.27. The van der Waals surface area contributed by atoms with Crippen molar-refractivity contribution in [3.63, 3.8) is 0 Å². The van der Waals surface area contributed by atoms with Gasteiger partial charge in [-0.1, -0.05) is 38.0 Å². The summed E-state index contributed by atoms with van der Waals surface area (Å²) in [5.74, 6) is 0. The van der Waals surface area contributed by atoms with E-state index in [-0.39, 0.29) is 0 Å². The Morgan fingerprint density at radius 3 is 2.64 bits per heavy atom. The zero-order valence-electron chi connectivity index (χ0n) is 9.60. The first-order chi connectivity index (χ1) is 6.91. The fraction of sp³-hybridized carbons (Fsp3) is 0.692. The van der Waals surface area contributed by atoms with E-state index >= 15 is 0 Å². The molecule has 0 spiro atoms. The van der Waals surface area contributed by atoms with E-state index in [0.29, 0.717) is 0 Å². The molecule has 0 unspecified atom stereocenters. The smallest absolute Gasteiger partial charge is 0.0134 e. The van der Waals surface area contributed by atoms with Gasteiger partial charge in [-0.05, 0) is 32.2 Å². The topological polar surface area (TPSA) is 12.0 Å². The van der Waals surface area contributed by atoms with Gasteiger partial charge in [0, 0.05) is 6.54 Å². The van der Waals surface area contributed by atoms with Crippen LogP contribution >= 0.6 is 0 Å². The van der Waals surface area contributed by atoms with Gasteiger partial charge in [-0.15, -0.1) is 6.58 Å². The molecule has 0 radical (unpaired) electrons. The molecular formula is C13H25N. The predicted molar refractivity (Wildman–Crippen MR) is 65.6 cm³/mol. The third kappa shape index (κ3) is 11.4. The molecule has 0 saturated carbocycles. The molecule has 1 N–H and O–H groups in total. The Balaban J connectivity index is 2.99. The molecule has 14 heavy (non-hydrogen) atoms. The second kappa shape index (κ2) is 12.4. The lowest BCUT2D eigenvalue weighted by Gasteiger charge is -1.99. The molecule has 0 saturated heterocycles. The molecule has 0 fully saturated rings. The van der Waals surface area contributed by atoms with Crippen molar-refractivity contribution >= 4 is 0 Å². The summed E-state index contributed by atoms with van der Waals surface area (Å²) < 4.78 is 0. The molecular weight excluding hydrogens is 170 g/mol. The van der Waals surface area contributed by atoms with Crippen molar-refractivity contribution < 1.29 is 0 Å². The Bertz CT molecular complexity index is 138. The third-order valence-electron chi connectivity index (χ3n) is 2.17. The zero-order valence-corrected chi connectivity index (χ0v) is 9.60. The molecule has 1 heteroatoms. The second-order valence-corrected chi connectivity index (χ2v) is 3.60. The highest BCUT2D eigenvalue weighted by atomic mass is 14.8. The van der Waals surface area contributed by atoms with Crippen molar-refractivity contribution in [2.24, 2.45) is 0 Å². The van der Waals surface area contributed by atoms with Crippen LogP contribution in [-0.4, -0.2) is 13.1 Å². The quantitative estimate of drug-likeness (QED) is 0.414. The van der Waals surface area contributed by atoms with Crippen LogP contribution in [0.25, 0.3) is 0 Å². The van der Waals surface area contributed by atoms with E-state index in [9.17, 15) is 0 Å². The van der Waals surface area contributed by atoms with Crippen molar-refractivity contribution in [3.05, 3.63) is 24.8 Å². The van der Waals surface area contributed by atoms with Crippen LogP contribution in [0.3, 0.4) is 0 Å². The Morgan fingerprint density at radius 1 is 1.07 bits per heavy atom. The van der Waals surface area contributed by atoms with Gasteiger partial charge in [-0.2, -0.15) is 0 Å². The number of hydrogen-bond acceptors (Lipinski definition) is 1. The monoisotopic (exact) mass is 195 g/mol. The first-order valence-electron chi connectivity index (χ1n) is 5.88. The third-order valence-corrected chi connectivity index (χ3v) is 2.17. The van der Waals surface area contributed by atoms with Gasteiger partial charge >= 0.3 is 0 Å². The number of allylic oxidation sites excluding steroid dienone is 2. The van der Waals surface area contributed by atoms with Crippen LogP contribution in [0.2, 0.25) is 0 Å². The summed E-state index contributed by atoms with van der Waals surface area (Å²) in [6.07, 6.45) is 14.0. The number of unbranched alkanes of at least 4 members (excludes halogenated alkanes) is 4. The highest BCUT2D eigenvalue weighted by Gasteiger charge is 1.84. The van der Waals surface area contributed by atoms with E-state index in [1.54, 1.807) is 0 Å². The van der Waals surface area contributed by atoms with E-state index in [0.717, 1.165) is 19.5 Å². The van der Waals surface area contributed by atoms with Gasteiger partial charge in [-0.25, -0.2) is 0 Å². The summed E-state index contributed by atoms with van der Waals surface area (Å²) in [6, 6.07) is 0. The molecule has 0 rings (SSSR count). The lowest BCUT2D eigenvalue weighted by Crippen LogP contribution is -2.14. The van der Waals surface area contributed by atoms with Crippen molar-refractivity contribution in [3.8, 4) is 0 Å². The van der Waals surface area contributed by atoms with Gasteiger partial charge in [0.05, 0.1) is 0 Å². The summed E-state index contributed by atoms with van der Waals surface area (Å²) in [5.41, 5.74) is 0. The SMILES string of the molecule is C=CCCCC=CCNCCCCC. The number of nitrogens with one attached hydrogen (secondary N) is 1. The van der Waals surface area contributed by atoms with Crippen LogP contribution in [0.5, 0.6) is 0 Å².